The number of benzene rings is 1. The lowest BCUT2D eigenvalue weighted by Gasteiger charge is -2.34. The van der Waals surface area contributed by atoms with E-state index in [1.807, 2.05) is 0 Å². The van der Waals surface area contributed by atoms with E-state index in [1.54, 1.807) is 0 Å². The number of rotatable bonds is 3. The van der Waals surface area contributed by atoms with Crippen LogP contribution in [0.15, 0.2) is 18.2 Å². The molecule has 0 heterocycles. The van der Waals surface area contributed by atoms with Gasteiger partial charge in [-0.15, -0.1) is 0 Å². The highest BCUT2D eigenvalue weighted by Crippen LogP contribution is 2.35. The predicted molar refractivity (Wildman–Crippen MR) is 78.3 cm³/mol. The van der Waals surface area contributed by atoms with E-state index in [9.17, 15) is 20.0 Å². The van der Waals surface area contributed by atoms with Crippen molar-refractivity contribution in [3.8, 4) is 5.75 Å². The van der Waals surface area contributed by atoms with Gasteiger partial charge in [0.05, 0.1) is 4.92 Å². The Kier molecular flexibility index (Phi) is 4.16. The van der Waals surface area contributed by atoms with Crippen LogP contribution < -0.4 is 5.32 Å². The molecule has 0 atom stereocenters. The van der Waals surface area contributed by atoms with E-state index in [0.29, 0.717) is 0 Å². The van der Waals surface area contributed by atoms with E-state index in [2.05, 4.69) is 19.2 Å². The Bertz CT molecular complexity index is 559. The van der Waals surface area contributed by atoms with Gasteiger partial charge in [-0.05, 0) is 43.2 Å². The van der Waals surface area contributed by atoms with E-state index < -0.39 is 10.8 Å². The van der Waals surface area contributed by atoms with Crippen LogP contribution >= 0.6 is 0 Å². The lowest BCUT2D eigenvalue weighted by atomic mass is 9.75. The van der Waals surface area contributed by atoms with E-state index in [0.717, 1.165) is 37.8 Å². The van der Waals surface area contributed by atoms with Gasteiger partial charge in [-0.25, -0.2) is 0 Å². The number of carbonyl (C=O) groups is 1. The summed E-state index contributed by atoms with van der Waals surface area (Å²) >= 11 is 0. The van der Waals surface area contributed by atoms with Crippen LogP contribution in [0.1, 0.15) is 49.9 Å². The number of nitrogens with one attached hydrogen (secondary N) is 1. The molecule has 6 heteroatoms. The van der Waals surface area contributed by atoms with Crippen LogP contribution in [-0.2, 0) is 0 Å². The molecule has 114 valence electrons. The van der Waals surface area contributed by atoms with Crippen LogP contribution in [0, 0.1) is 15.5 Å². The molecule has 0 radical (unpaired) electrons. The third kappa shape index (κ3) is 3.71. The monoisotopic (exact) mass is 292 g/mol. The second-order valence-corrected chi connectivity index (χ2v) is 6.37. The quantitative estimate of drug-likeness (QED) is 0.661. The fraction of sp³-hybridized carbons (Fsp3) is 0.533. The highest BCUT2D eigenvalue weighted by atomic mass is 16.6. The van der Waals surface area contributed by atoms with Crippen molar-refractivity contribution in [2.24, 2.45) is 5.41 Å². The summed E-state index contributed by atoms with van der Waals surface area (Å²) in [7, 11) is 0. The third-order valence-corrected chi connectivity index (χ3v) is 4.10. The Morgan fingerprint density at radius 2 is 2.00 bits per heavy atom. The van der Waals surface area contributed by atoms with Gasteiger partial charge in [0, 0.05) is 12.1 Å². The van der Waals surface area contributed by atoms with Crippen LogP contribution in [0.4, 0.5) is 5.69 Å². The first-order chi connectivity index (χ1) is 9.78. The van der Waals surface area contributed by atoms with E-state index in [-0.39, 0.29) is 28.5 Å². The van der Waals surface area contributed by atoms with Crippen LogP contribution in [-0.4, -0.2) is 22.0 Å². The van der Waals surface area contributed by atoms with Crippen molar-refractivity contribution in [1.82, 2.24) is 5.32 Å². The standard InChI is InChI=1S/C15H20N2O4/c1-15(2)7-5-10(6-8-15)16-14(19)12-9-11(18)3-4-13(12)17(20)21/h3-4,9-10,18H,5-8H2,1-2H3,(H,16,19). The van der Waals surface area contributed by atoms with Gasteiger partial charge in [-0.3, -0.25) is 14.9 Å². The van der Waals surface area contributed by atoms with Gasteiger partial charge in [-0.2, -0.15) is 0 Å². The van der Waals surface area contributed by atoms with Gasteiger partial charge in [0.25, 0.3) is 11.6 Å². The fourth-order valence-corrected chi connectivity index (χ4v) is 2.67. The molecular weight excluding hydrogens is 272 g/mol. The zero-order chi connectivity index (χ0) is 15.6. The lowest BCUT2D eigenvalue weighted by molar-refractivity contribution is -0.385. The zero-order valence-corrected chi connectivity index (χ0v) is 12.3. The molecule has 1 aliphatic carbocycles. The average molecular weight is 292 g/mol. The minimum atomic E-state index is -0.613. The molecule has 1 fully saturated rings. The molecule has 2 N–H and O–H groups in total. The molecule has 0 aromatic heterocycles. The summed E-state index contributed by atoms with van der Waals surface area (Å²) in [6, 6.07) is 3.53. The third-order valence-electron chi connectivity index (χ3n) is 4.10. The highest BCUT2D eigenvalue weighted by Gasteiger charge is 2.29. The SMILES string of the molecule is CC1(C)CCC(NC(=O)c2cc(O)ccc2[N+](=O)[O-])CC1. The summed E-state index contributed by atoms with van der Waals surface area (Å²) < 4.78 is 0. The molecule has 1 saturated carbocycles. The molecule has 1 aromatic rings. The van der Waals surface area contributed by atoms with Gasteiger partial charge in [0.1, 0.15) is 11.3 Å². The molecule has 0 aliphatic heterocycles. The minimum absolute atomic E-state index is 0.0347. The first kappa shape index (κ1) is 15.3. The molecule has 0 saturated heterocycles. The number of hydrogen-bond donors (Lipinski definition) is 2. The summed E-state index contributed by atoms with van der Waals surface area (Å²) in [5, 5.41) is 23.2. The van der Waals surface area contributed by atoms with Gasteiger partial charge in [0.15, 0.2) is 0 Å². The molecular formula is C15H20N2O4. The topological polar surface area (TPSA) is 92.5 Å². The van der Waals surface area contributed by atoms with Gasteiger partial charge in [0.2, 0.25) is 0 Å². The summed E-state index contributed by atoms with van der Waals surface area (Å²) in [6.45, 7) is 4.40. The predicted octanol–water partition coefficient (Wildman–Crippen LogP) is 3.00. The summed E-state index contributed by atoms with van der Waals surface area (Å²) in [4.78, 5) is 22.6. The van der Waals surface area contributed by atoms with Crippen molar-refractivity contribution in [2.75, 3.05) is 0 Å². The van der Waals surface area contributed by atoms with Gasteiger partial charge in [-0.1, -0.05) is 13.8 Å². The zero-order valence-electron chi connectivity index (χ0n) is 12.3. The fourth-order valence-electron chi connectivity index (χ4n) is 2.67. The lowest BCUT2D eigenvalue weighted by Crippen LogP contribution is -2.39. The molecule has 2 rings (SSSR count). The number of nitro groups is 1. The van der Waals surface area contributed by atoms with Gasteiger partial charge < -0.3 is 10.4 Å². The van der Waals surface area contributed by atoms with E-state index in [1.165, 1.54) is 6.07 Å². The second-order valence-electron chi connectivity index (χ2n) is 6.37. The van der Waals surface area contributed by atoms with Crippen LogP contribution in [0.25, 0.3) is 0 Å². The number of carbonyl (C=O) groups excluding carboxylic acids is 1. The Hall–Kier alpha value is -2.11. The Balaban J connectivity index is 2.11. The number of aromatic hydroxyl groups is 1. The Morgan fingerprint density at radius 3 is 2.57 bits per heavy atom. The normalized spacial score (nSPS) is 18.2. The smallest absolute Gasteiger partial charge is 0.282 e. The molecule has 21 heavy (non-hydrogen) atoms. The molecule has 0 bridgehead atoms. The van der Waals surface area contributed by atoms with Crippen molar-refractivity contribution in [1.29, 1.82) is 0 Å². The molecule has 1 aliphatic rings. The molecule has 0 unspecified atom stereocenters. The van der Waals surface area contributed by atoms with Crippen molar-refractivity contribution < 1.29 is 14.8 Å². The number of phenolic OH excluding ortho intramolecular Hbond substituents is 1. The van der Waals surface area contributed by atoms with Crippen molar-refractivity contribution >= 4 is 11.6 Å². The molecule has 1 aromatic carbocycles. The summed E-state index contributed by atoms with van der Waals surface area (Å²) in [5.74, 6) is -0.655. The first-order valence-electron chi connectivity index (χ1n) is 7.07. The van der Waals surface area contributed by atoms with Gasteiger partial charge >= 0.3 is 0 Å². The van der Waals surface area contributed by atoms with Crippen molar-refractivity contribution in [3.05, 3.63) is 33.9 Å². The number of nitro benzene ring substituents is 1. The van der Waals surface area contributed by atoms with Crippen molar-refractivity contribution in [2.45, 2.75) is 45.6 Å². The molecule has 6 nitrogen and oxygen atoms in total. The molecule has 1 amide bonds. The maximum Gasteiger partial charge on any atom is 0.282 e. The van der Waals surface area contributed by atoms with Crippen LogP contribution in [0.2, 0.25) is 0 Å². The molecule has 0 spiro atoms. The number of phenols is 1. The Morgan fingerprint density at radius 1 is 1.38 bits per heavy atom. The van der Waals surface area contributed by atoms with Crippen LogP contribution in [0.3, 0.4) is 0 Å². The van der Waals surface area contributed by atoms with E-state index in [4.69, 9.17) is 0 Å². The summed E-state index contributed by atoms with van der Waals surface area (Å²) in [6.07, 6.45) is 3.76. The number of nitrogens with zero attached hydrogens (tertiary/aromatic N) is 1. The second kappa shape index (κ2) is 5.71. The number of amides is 1. The van der Waals surface area contributed by atoms with Crippen molar-refractivity contribution in [3.63, 3.8) is 0 Å². The highest BCUT2D eigenvalue weighted by molar-refractivity contribution is 5.98. The maximum absolute atomic E-state index is 12.2. The number of hydrogen-bond acceptors (Lipinski definition) is 4. The largest absolute Gasteiger partial charge is 0.508 e. The van der Waals surface area contributed by atoms with E-state index >= 15 is 0 Å². The summed E-state index contributed by atoms with van der Waals surface area (Å²) in [5.41, 5.74) is -0.0932. The maximum atomic E-state index is 12.2. The average Bonchev–Trinajstić information content (AvgIpc) is 2.40. The minimum Gasteiger partial charge on any atom is -0.508 e. The Labute approximate surface area is 123 Å². The first-order valence-corrected chi connectivity index (χ1v) is 7.07. The van der Waals surface area contributed by atoms with Crippen LogP contribution in [0.5, 0.6) is 5.75 Å².